The molecule has 1 amide bonds. The smallest absolute Gasteiger partial charge is 0.225 e. The third-order valence-electron chi connectivity index (χ3n) is 3.63. The lowest BCUT2D eigenvalue weighted by atomic mass is 10.00. The molecule has 0 bridgehead atoms. The van der Waals surface area contributed by atoms with E-state index in [1.54, 1.807) is 0 Å². The molecule has 0 radical (unpaired) electrons. The minimum absolute atomic E-state index is 0.0962. The van der Waals surface area contributed by atoms with E-state index in [1.807, 2.05) is 12.1 Å². The van der Waals surface area contributed by atoms with Gasteiger partial charge in [-0.1, -0.05) is 18.2 Å². The Balaban J connectivity index is 2.35. The van der Waals surface area contributed by atoms with Crippen LogP contribution in [0.15, 0.2) is 24.3 Å². The molecule has 1 heterocycles. The summed E-state index contributed by atoms with van der Waals surface area (Å²) in [7, 11) is 2.06. The third-order valence-corrected chi connectivity index (χ3v) is 3.63. The normalized spacial score (nSPS) is 18.9. The van der Waals surface area contributed by atoms with Crippen molar-refractivity contribution in [3.05, 3.63) is 35.5 Å². The SMILES string of the molecule is Cn1c2c(c3ccccc31)C(C(N)=O)CC2. The van der Waals surface area contributed by atoms with Crippen LogP contribution in [-0.4, -0.2) is 10.5 Å². The van der Waals surface area contributed by atoms with Crippen LogP contribution in [0, 0.1) is 0 Å². The molecule has 0 fully saturated rings. The zero-order valence-electron chi connectivity index (χ0n) is 9.23. The van der Waals surface area contributed by atoms with E-state index in [4.69, 9.17) is 5.73 Å². The van der Waals surface area contributed by atoms with Crippen LogP contribution in [0.3, 0.4) is 0 Å². The Kier molecular flexibility index (Phi) is 1.84. The van der Waals surface area contributed by atoms with Gasteiger partial charge in [0.15, 0.2) is 0 Å². The van der Waals surface area contributed by atoms with Gasteiger partial charge in [0.25, 0.3) is 0 Å². The third kappa shape index (κ3) is 1.06. The number of aryl methyl sites for hydroxylation is 1. The van der Waals surface area contributed by atoms with E-state index in [1.165, 1.54) is 16.6 Å². The van der Waals surface area contributed by atoms with Gasteiger partial charge in [0.2, 0.25) is 5.91 Å². The van der Waals surface area contributed by atoms with E-state index in [0.717, 1.165) is 18.4 Å². The Labute approximate surface area is 93.9 Å². The summed E-state index contributed by atoms with van der Waals surface area (Å²) in [5.74, 6) is -0.295. The van der Waals surface area contributed by atoms with Crippen LogP contribution in [0.4, 0.5) is 0 Å². The van der Waals surface area contributed by atoms with E-state index in [0.29, 0.717) is 0 Å². The fourth-order valence-corrected chi connectivity index (χ4v) is 2.88. The molecule has 3 rings (SSSR count). The van der Waals surface area contributed by atoms with Crippen LogP contribution in [-0.2, 0) is 18.3 Å². The summed E-state index contributed by atoms with van der Waals surface area (Å²) in [5.41, 5.74) is 9.08. The lowest BCUT2D eigenvalue weighted by Crippen LogP contribution is -2.19. The summed E-state index contributed by atoms with van der Waals surface area (Å²) < 4.78 is 2.19. The lowest BCUT2D eigenvalue weighted by molar-refractivity contribution is -0.119. The molecule has 3 heteroatoms. The molecule has 0 spiro atoms. The summed E-state index contributed by atoms with van der Waals surface area (Å²) in [6.45, 7) is 0. The molecule has 1 aliphatic carbocycles. The van der Waals surface area contributed by atoms with Crippen LogP contribution in [0.5, 0.6) is 0 Å². The summed E-state index contributed by atoms with van der Waals surface area (Å²) in [6.07, 6.45) is 1.81. The Bertz CT molecular complexity index is 583. The fraction of sp³-hybridized carbons (Fsp3) is 0.308. The van der Waals surface area contributed by atoms with Crippen LogP contribution in [0.2, 0.25) is 0 Å². The van der Waals surface area contributed by atoms with Gasteiger partial charge in [-0.05, 0) is 24.5 Å². The molecule has 1 aromatic carbocycles. The van der Waals surface area contributed by atoms with Crippen molar-refractivity contribution >= 4 is 16.8 Å². The molecule has 2 N–H and O–H groups in total. The second-order valence-corrected chi connectivity index (χ2v) is 4.43. The predicted molar refractivity (Wildman–Crippen MR) is 63.2 cm³/mol. The van der Waals surface area contributed by atoms with Gasteiger partial charge in [-0.25, -0.2) is 0 Å². The lowest BCUT2D eigenvalue weighted by Gasteiger charge is -2.05. The van der Waals surface area contributed by atoms with Gasteiger partial charge in [0, 0.05) is 23.6 Å². The van der Waals surface area contributed by atoms with Crippen LogP contribution in [0.25, 0.3) is 10.9 Å². The molecule has 1 atom stereocenters. The standard InChI is InChI=1S/C13H14N2O/c1-15-10-5-3-2-4-8(10)12-9(13(14)16)6-7-11(12)15/h2-5,9H,6-7H2,1H3,(H2,14,16). The number of rotatable bonds is 1. The summed E-state index contributed by atoms with van der Waals surface area (Å²) in [5, 5.41) is 1.18. The van der Waals surface area contributed by atoms with Crippen molar-refractivity contribution in [2.24, 2.45) is 12.8 Å². The number of aromatic nitrogens is 1. The first-order valence-corrected chi connectivity index (χ1v) is 5.55. The molecule has 2 aromatic rings. The van der Waals surface area contributed by atoms with E-state index in [2.05, 4.69) is 23.7 Å². The van der Waals surface area contributed by atoms with Crippen molar-refractivity contribution in [3.63, 3.8) is 0 Å². The molecule has 0 saturated heterocycles. The number of fused-ring (bicyclic) bond motifs is 3. The van der Waals surface area contributed by atoms with E-state index in [9.17, 15) is 4.79 Å². The molecule has 82 valence electrons. The molecule has 16 heavy (non-hydrogen) atoms. The average molecular weight is 214 g/mol. The zero-order chi connectivity index (χ0) is 11.3. The molecule has 1 aliphatic rings. The first kappa shape index (κ1) is 9.46. The molecular formula is C13H14N2O. The molecule has 1 aromatic heterocycles. The van der Waals surface area contributed by atoms with Crippen molar-refractivity contribution in [1.29, 1.82) is 0 Å². The van der Waals surface area contributed by atoms with Gasteiger partial charge >= 0.3 is 0 Å². The van der Waals surface area contributed by atoms with Gasteiger partial charge in [-0.2, -0.15) is 0 Å². The molecule has 0 aliphatic heterocycles. The Hall–Kier alpha value is -1.77. The number of amides is 1. The number of hydrogen-bond donors (Lipinski definition) is 1. The molecular weight excluding hydrogens is 200 g/mol. The molecule has 1 unspecified atom stereocenters. The number of carbonyl (C=O) groups is 1. The highest BCUT2D eigenvalue weighted by Crippen LogP contribution is 2.39. The maximum Gasteiger partial charge on any atom is 0.225 e. The van der Waals surface area contributed by atoms with Crippen molar-refractivity contribution < 1.29 is 4.79 Å². The summed E-state index contributed by atoms with van der Waals surface area (Å²) in [6, 6.07) is 8.21. The van der Waals surface area contributed by atoms with Crippen molar-refractivity contribution in [1.82, 2.24) is 4.57 Å². The zero-order valence-corrected chi connectivity index (χ0v) is 9.23. The number of hydrogen-bond acceptors (Lipinski definition) is 1. The number of para-hydroxylation sites is 1. The van der Waals surface area contributed by atoms with E-state index in [-0.39, 0.29) is 11.8 Å². The van der Waals surface area contributed by atoms with E-state index < -0.39 is 0 Å². The number of primary amides is 1. The summed E-state index contributed by atoms with van der Waals surface area (Å²) in [4.78, 5) is 11.4. The quantitative estimate of drug-likeness (QED) is 0.771. The van der Waals surface area contributed by atoms with Crippen LogP contribution in [0.1, 0.15) is 23.6 Å². The largest absolute Gasteiger partial charge is 0.369 e. The van der Waals surface area contributed by atoms with Gasteiger partial charge < -0.3 is 10.3 Å². The fourth-order valence-electron chi connectivity index (χ4n) is 2.88. The highest BCUT2D eigenvalue weighted by atomic mass is 16.1. The number of nitrogens with zero attached hydrogens (tertiary/aromatic N) is 1. The molecule has 3 nitrogen and oxygen atoms in total. The Morgan fingerprint density at radius 2 is 2.19 bits per heavy atom. The van der Waals surface area contributed by atoms with Crippen molar-refractivity contribution in [2.45, 2.75) is 18.8 Å². The summed E-state index contributed by atoms with van der Waals surface area (Å²) >= 11 is 0. The first-order chi connectivity index (χ1) is 7.70. The van der Waals surface area contributed by atoms with Gasteiger partial charge in [-0.15, -0.1) is 0 Å². The van der Waals surface area contributed by atoms with E-state index >= 15 is 0 Å². The highest BCUT2D eigenvalue weighted by molar-refractivity contribution is 5.94. The van der Waals surface area contributed by atoms with Crippen LogP contribution < -0.4 is 5.73 Å². The molecule has 0 saturated carbocycles. The number of benzene rings is 1. The predicted octanol–water partition coefficient (Wildman–Crippen LogP) is 1.69. The first-order valence-electron chi connectivity index (χ1n) is 5.55. The maximum absolute atomic E-state index is 11.4. The average Bonchev–Trinajstić information content (AvgIpc) is 2.81. The van der Waals surface area contributed by atoms with Crippen molar-refractivity contribution in [3.8, 4) is 0 Å². The second-order valence-electron chi connectivity index (χ2n) is 4.43. The van der Waals surface area contributed by atoms with Crippen LogP contribution >= 0.6 is 0 Å². The minimum atomic E-state index is -0.199. The van der Waals surface area contributed by atoms with Gasteiger partial charge in [-0.3, -0.25) is 4.79 Å². The number of carbonyl (C=O) groups excluding carboxylic acids is 1. The van der Waals surface area contributed by atoms with Crippen molar-refractivity contribution in [2.75, 3.05) is 0 Å². The van der Waals surface area contributed by atoms with Gasteiger partial charge in [0.05, 0.1) is 5.92 Å². The number of nitrogens with two attached hydrogens (primary N) is 1. The second kappa shape index (κ2) is 3.11. The maximum atomic E-state index is 11.4. The van der Waals surface area contributed by atoms with Gasteiger partial charge in [0.1, 0.15) is 0 Å². The monoisotopic (exact) mass is 214 g/mol. The Morgan fingerprint density at radius 1 is 1.44 bits per heavy atom. The minimum Gasteiger partial charge on any atom is -0.369 e. The Morgan fingerprint density at radius 3 is 2.94 bits per heavy atom. The topological polar surface area (TPSA) is 48.0 Å². The highest BCUT2D eigenvalue weighted by Gasteiger charge is 2.31.